The van der Waals surface area contributed by atoms with Crippen LogP contribution in [0.3, 0.4) is 0 Å². The van der Waals surface area contributed by atoms with E-state index in [0.717, 1.165) is 12.8 Å². The maximum absolute atomic E-state index is 10.2. The lowest BCUT2D eigenvalue weighted by atomic mass is 10.1. The predicted molar refractivity (Wildman–Crippen MR) is 35.6 cm³/mol. The molecular formula is C6H13N2O. The molecule has 0 heterocycles. The minimum Gasteiger partial charge on any atom is -0.320 e. The van der Waals surface area contributed by atoms with Crippen molar-refractivity contribution in [3.63, 3.8) is 0 Å². The van der Waals surface area contributed by atoms with E-state index in [1.807, 2.05) is 6.92 Å². The fourth-order valence-corrected chi connectivity index (χ4v) is 0.555. The minimum absolute atomic E-state index is 0.551. The molecule has 3 nitrogen and oxygen atoms in total. The number of carbonyl (C=O) groups is 1. The minimum atomic E-state index is -0.650. The van der Waals surface area contributed by atoms with Gasteiger partial charge in [0.25, 0.3) is 5.91 Å². The molecule has 0 aromatic heterocycles. The molecule has 0 aromatic rings. The summed E-state index contributed by atoms with van der Waals surface area (Å²) < 4.78 is 0. The van der Waals surface area contributed by atoms with Crippen molar-refractivity contribution in [3.05, 3.63) is 0 Å². The van der Waals surface area contributed by atoms with Crippen LogP contribution < -0.4 is 11.5 Å². The second-order valence-electron chi connectivity index (χ2n) is 2.11. The van der Waals surface area contributed by atoms with Crippen LogP contribution in [0.25, 0.3) is 0 Å². The van der Waals surface area contributed by atoms with Crippen molar-refractivity contribution in [1.82, 2.24) is 5.73 Å². The summed E-state index contributed by atoms with van der Waals surface area (Å²) in [7, 11) is 0. The number of hydrogen-bond acceptors (Lipinski definition) is 2. The van der Waals surface area contributed by atoms with Gasteiger partial charge >= 0.3 is 0 Å². The van der Waals surface area contributed by atoms with Crippen LogP contribution in [-0.4, -0.2) is 11.9 Å². The summed E-state index contributed by atoms with van der Waals surface area (Å²) in [4.78, 5) is 10.2. The first-order valence-electron chi connectivity index (χ1n) is 3.19. The van der Waals surface area contributed by atoms with Gasteiger partial charge in [-0.2, -0.15) is 0 Å². The molecule has 0 aromatic carbocycles. The van der Waals surface area contributed by atoms with Crippen molar-refractivity contribution in [2.75, 3.05) is 0 Å². The van der Waals surface area contributed by atoms with Crippen LogP contribution in [0.2, 0.25) is 0 Å². The van der Waals surface area contributed by atoms with Gasteiger partial charge in [-0.25, -0.2) is 0 Å². The van der Waals surface area contributed by atoms with Crippen LogP contribution in [-0.2, 0) is 4.79 Å². The van der Waals surface area contributed by atoms with Gasteiger partial charge < -0.3 is 5.73 Å². The topological polar surface area (TPSA) is 66.9 Å². The SMILES string of the molecule is CCCC[C@H](N)C([NH])=O. The summed E-state index contributed by atoms with van der Waals surface area (Å²) in [6.07, 6.45) is 2.62. The molecule has 0 spiro atoms. The van der Waals surface area contributed by atoms with Crippen LogP contribution in [0.5, 0.6) is 0 Å². The van der Waals surface area contributed by atoms with Crippen molar-refractivity contribution < 1.29 is 4.79 Å². The van der Waals surface area contributed by atoms with Gasteiger partial charge in [0.2, 0.25) is 0 Å². The van der Waals surface area contributed by atoms with Gasteiger partial charge in [-0.15, -0.1) is 0 Å². The molecule has 0 saturated heterocycles. The fourth-order valence-electron chi connectivity index (χ4n) is 0.555. The number of nitrogens with two attached hydrogens (primary N) is 1. The highest BCUT2D eigenvalue weighted by Gasteiger charge is 2.07. The van der Waals surface area contributed by atoms with E-state index in [9.17, 15) is 4.79 Å². The second kappa shape index (κ2) is 4.32. The molecule has 3 N–H and O–H groups in total. The molecule has 1 atom stereocenters. The van der Waals surface area contributed by atoms with E-state index in [-0.39, 0.29) is 0 Å². The second-order valence-corrected chi connectivity index (χ2v) is 2.11. The van der Waals surface area contributed by atoms with Gasteiger partial charge in [0.15, 0.2) is 0 Å². The molecule has 0 saturated carbocycles. The first-order valence-corrected chi connectivity index (χ1v) is 3.19. The van der Waals surface area contributed by atoms with Crippen LogP contribution in [0.15, 0.2) is 0 Å². The molecular weight excluding hydrogens is 116 g/mol. The highest BCUT2D eigenvalue weighted by Crippen LogP contribution is 1.96. The molecule has 9 heavy (non-hydrogen) atoms. The van der Waals surface area contributed by atoms with Crippen molar-refractivity contribution in [1.29, 1.82) is 0 Å². The molecule has 53 valence electrons. The van der Waals surface area contributed by atoms with Gasteiger partial charge in [0, 0.05) is 0 Å². The van der Waals surface area contributed by atoms with Crippen LogP contribution >= 0.6 is 0 Å². The number of rotatable bonds is 4. The molecule has 3 heteroatoms. The van der Waals surface area contributed by atoms with E-state index in [4.69, 9.17) is 11.5 Å². The van der Waals surface area contributed by atoms with Crippen LogP contribution in [0, 0.1) is 0 Å². The summed E-state index contributed by atoms with van der Waals surface area (Å²) in [5, 5.41) is 0. The third kappa shape index (κ3) is 3.97. The molecule has 0 fully saturated rings. The third-order valence-electron chi connectivity index (χ3n) is 1.21. The normalized spacial score (nSPS) is 13.1. The maximum Gasteiger partial charge on any atom is 0.255 e. The van der Waals surface area contributed by atoms with Crippen molar-refractivity contribution in [2.24, 2.45) is 5.73 Å². The monoisotopic (exact) mass is 129 g/mol. The van der Waals surface area contributed by atoms with E-state index in [1.165, 1.54) is 0 Å². The van der Waals surface area contributed by atoms with Crippen molar-refractivity contribution in [3.8, 4) is 0 Å². The Labute approximate surface area is 55.4 Å². The van der Waals surface area contributed by atoms with Gasteiger partial charge in [-0.1, -0.05) is 19.8 Å². The largest absolute Gasteiger partial charge is 0.320 e. The van der Waals surface area contributed by atoms with Gasteiger partial charge in [-0.3, -0.25) is 10.5 Å². The average molecular weight is 129 g/mol. The Morgan fingerprint density at radius 2 is 2.33 bits per heavy atom. The molecule has 1 amide bonds. The zero-order chi connectivity index (χ0) is 7.28. The van der Waals surface area contributed by atoms with E-state index < -0.39 is 11.9 Å². The first-order chi connectivity index (χ1) is 4.18. The maximum atomic E-state index is 10.2. The molecule has 0 bridgehead atoms. The van der Waals surface area contributed by atoms with Gasteiger partial charge in [-0.05, 0) is 6.42 Å². The Bertz CT molecular complexity index is 93.1. The highest BCUT2D eigenvalue weighted by molar-refractivity contribution is 5.78. The lowest BCUT2D eigenvalue weighted by Gasteiger charge is -2.02. The standard InChI is InChI=1S/C6H13N2O/c1-2-3-4-5(7)6(8)9/h5,8H,2-4,7H2,1H3/t5-/m0/s1. The van der Waals surface area contributed by atoms with Crippen molar-refractivity contribution >= 4 is 5.91 Å². The number of nitrogens with one attached hydrogen (secondary N) is 1. The number of carbonyl (C=O) groups excluding carboxylic acids is 1. The van der Waals surface area contributed by atoms with E-state index in [1.54, 1.807) is 0 Å². The van der Waals surface area contributed by atoms with E-state index >= 15 is 0 Å². The van der Waals surface area contributed by atoms with E-state index in [0.29, 0.717) is 6.42 Å². The molecule has 0 rings (SSSR count). The molecule has 0 aliphatic rings. The van der Waals surface area contributed by atoms with Crippen LogP contribution in [0.1, 0.15) is 26.2 Å². The quantitative estimate of drug-likeness (QED) is 0.593. The Morgan fingerprint density at radius 3 is 2.67 bits per heavy atom. The summed E-state index contributed by atoms with van der Waals surface area (Å²) >= 11 is 0. The third-order valence-corrected chi connectivity index (χ3v) is 1.21. The highest BCUT2D eigenvalue weighted by atomic mass is 16.1. The Hall–Kier alpha value is -0.570. The fraction of sp³-hybridized carbons (Fsp3) is 0.833. The lowest BCUT2D eigenvalue weighted by molar-refractivity contribution is -0.120. The Morgan fingerprint density at radius 1 is 1.78 bits per heavy atom. The summed E-state index contributed by atoms with van der Waals surface area (Å²) in [6, 6.07) is -0.551. The first kappa shape index (κ1) is 8.43. The Balaban J connectivity index is 3.27. The smallest absolute Gasteiger partial charge is 0.255 e. The van der Waals surface area contributed by atoms with Gasteiger partial charge in [0.05, 0.1) is 6.04 Å². The molecule has 0 aliphatic carbocycles. The molecule has 0 unspecified atom stereocenters. The lowest BCUT2D eigenvalue weighted by Crippen LogP contribution is -2.30. The van der Waals surface area contributed by atoms with Crippen LogP contribution in [0.4, 0.5) is 0 Å². The summed E-state index contributed by atoms with van der Waals surface area (Å²) in [5.74, 6) is -0.650. The zero-order valence-corrected chi connectivity index (χ0v) is 5.68. The summed E-state index contributed by atoms with van der Waals surface area (Å²) in [5.41, 5.74) is 11.9. The zero-order valence-electron chi connectivity index (χ0n) is 5.68. The number of hydrogen-bond donors (Lipinski definition) is 1. The Kier molecular flexibility index (Phi) is 4.05. The summed E-state index contributed by atoms with van der Waals surface area (Å²) in [6.45, 7) is 2.03. The average Bonchev–Trinajstić information content (AvgIpc) is 1.82. The number of unbranched alkanes of at least 4 members (excludes halogenated alkanes) is 1. The predicted octanol–water partition coefficient (Wildman–Crippen LogP) is 0.313. The number of amides is 1. The molecule has 0 aliphatic heterocycles. The van der Waals surface area contributed by atoms with E-state index in [2.05, 4.69) is 0 Å². The van der Waals surface area contributed by atoms with Gasteiger partial charge in [0.1, 0.15) is 0 Å². The molecule has 1 radical (unpaired) electrons. The van der Waals surface area contributed by atoms with Crippen molar-refractivity contribution in [2.45, 2.75) is 32.2 Å².